The Kier molecular flexibility index (Phi) is 30.4. The van der Waals surface area contributed by atoms with Crippen molar-refractivity contribution >= 4 is 88.4 Å². The number of alkyl halides is 1. The summed E-state index contributed by atoms with van der Waals surface area (Å²) in [5.74, 6) is -12.5. The Bertz CT molecular complexity index is 2140. The number of carbonyl (C=O) groups is 12. The number of carboxylic acid groups (broad SMARTS) is 1. The van der Waals surface area contributed by atoms with Gasteiger partial charge in [-0.25, -0.2) is 0 Å². The number of aliphatic hydroxyl groups excluding tert-OH is 1. The molecule has 1 aliphatic heterocycles. The van der Waals surface area contributed by atoms with Crippen LogP contribution in [0, 0.1) is 23.7 Å². The van der Waals surface area contributed by atoms with Crippen LogP contribution in [-0.2, 0) is 57.5 Å². The Morgan fingerprint density at radius 2 is 1.14 bits per heavy atom. The number of aliphatic carboxylic acids is 1. The summed E-state index contributed by atoms with van der Waals surface area (Å²) >= 11 is 5.82. The number of Topliss-reactive ketones (excluding diaryl/α,β-unsaturated/α-hetero) is 1. The first kappa shape index (κ1) is 69.3. The first-order chi connectivity index (χ1) is 36.3. The van der Waals surface area contributed by atoms with Gasteiger partial charge in [0.2, 0.25) is 59.1 Å². The number of aliphatic hydroxyl groups is 1. The van der Waals surface area contributed by atoms with Crippen LogP contribution >= 0.6 is 11.6 Å². The maximum Gasteiger partial charge on any atom is 0.303 e. The first-order valence-corrected chi connectivity index (χ1v) is 26.6. The van der Waals surface area contributed by atoms with E-state index in [9.17, 15) is 67.7 Å². The second-order valence-corrected chi connectivity index (χ2v) is 21.1. The van der Waals surface area contributed by atoms with Crippen molar-refractivity contribution in [1.29, 1.82) is 0 Å². The third kappa shape index (κ3) is 24.3. The molecule has 78 heavy (non-hydrogen) atoms. The van der Waals surface area contributed by atoms with E-state index in [2.05, 4.69) is 47.5 Å². The molecule has 0 aromatic carbocycles. The van der Waals surface area contributed by atoms with Gasteiger partial charge in [-0.1, -0.05) is 55.4 Å². The molecular formula is C49H85ClN14O14. The zero-order chi connectivity index (χ0) is 59.7. The maximum absolute atomic E-state index is 14.1. The monoisotopic (exact) mass is 1130 g/mol. The molecule has 18 N–H and O–H groups in total. The standard InChI is InChI=1S/C49H85ClN14O14/c1-23(2)20-31(60-42(72)30(15-17-36(69)70)59-46(76)39(25(5)6)62-45(75)37(52)27(9)65)43(73)58-29(14-16-34(51)67)41(71)56-22-35(68)61-38(24(3)4)47(77)63-40(26(7)8)48(78)64-19-11-13-32(64)44(74)57-28(33(66)21-50)12-10-18-55-49(53)54/h23-32,37-40,65H,10-22,52H2,1-9H3,(H2,51,67)(H,56,71)(H,57,74)(H,58,73)(H,59,76)(H,60,72)(H,61,68)(H,62,75)(H,63,77)(H,69,70)(H4,53,54,55). The topological polar surface area (TPSA) is 461 Å². The number of nitrogens with two attached hydrogens (primary N) is 4. The molecule has 1 heterocycles. The highest BCUT2D eigenvalue weighted by molar-refractivity contribution is 6.28. The number of ketones is 1. The minimum atomic E-state index is -1.56. The predicted molar refractivity (Wildman–Crippen MR) is 286 cm³/mol. The van der Waals surface area contributed by atoms with Gasteiger partial charge < -0.3 is 80.6 Å². The SMILES string of the molecule is CC(C)CC(NC(=O)C(CCC(=O)O)NC(=O)C(NC(=O)C(N)C(C)O)C(C)C)C(=O)NC(CCC(N)=O)C(=O)NCC(=O)NC(C(=O)NC(C(=O)N1CCCC1C(=O)NC(CCCN=C(N)N)C(=O)CCl)C(C)C)C(C)C. The second-order valence-electron chi connectivity index (χ2n) is 20.8. The van der Waals surface area contributed by atoms with E-state index in [1.807, 2.05) is 0 Å². The van der Waals surface area contributed by atoms with Crippen molar-refractivity contribution in [3.8, 4) is 0 Å². The number of likely N-dealkylation sites (tertiary alicyclic amines) is 1. The van der Waals surface area contributed by atoms with Crippen molar-refractivity contribution < 1.29 is 67.7 Å². The van der Waals surface area contributed by atoms with Gasteiger partial charge in [0.25, 0.3) is 0 Å². The lowest BCUT2D eigenvalue weighted by Crippen LogP contribution is -2.60. The molecule has 10 amide bonds. The van der Waals surface area contributed by atoms with E-state index < -0.39 is 175 Å². The van der Waals surface area contributed by atoms with Crippen LogP contribution in [0.5, 0.6) is 0 Å². The zero-order valence-corrected chi connectivity index (χ0v) is 46.9. The van der Waals surface area contributed by atoms with E-state index in [-0.39, 0.29) is 56.5 Å². The molecule has 0 saturated carbocycles. The van der Waals surface area contributed by atoms with Gasteiger partial charge in [-0.15, -0.1) is 11.6 Å². The molecular weight excluding hydrogens is 1040 g/mol. The van der Waals surface area contributed by atoms with Gasteiger partial charge >= 0.3 is 5.97 Å². The van der Waals surface area contributed by atoms with Crippen molar-refractivity contribution in [2.75, 3.05) is 25.5 Å². The summed E-state index contributed by atoms with van der Waals surface area (Å²) < 4.78 is 0. The number of carboxylic acids is 1. The number of amides is 10. The molecule has 0 spiro atoms. The fourth-order valence-corrected chi connectivity index (χ4v) is 8.26. The van der Waals surface area contributed by atoms with Crippen LogP contribution in [0.15, 0.2) is 4.99 Å². The largest absolute Gasteiger partial charge is 0.481 e. The number of nitrogens with one attached hydrogen (secondary N) is 8. The molecule has 1 saturated heterocycles. The van der Waals surface area contributed by atoms with Crippen molar-refractivity contribution in [3.63, 3.8) is 0 Å². The molecule has 0 aromatic heterocycles. The Morgan fingerprint density at radius 3 is 1.67 bits per heavy atom. The van der Waals surface area contributed by atoms with Crippen LogP contribution in [0.2, 0.25) is 0 Å². The van der Waals surface area contributed by atoms with E-state index in [0.29, 0.717) is 12.8 Å². The highest BCUT2D eigenvalue weighted by Crippen LogP contribution is 2.22. The number of carbonyl (C=O) groups excluding carboxylic acids is 11. The average molecular weight is 1130 g/mol. The van der Waals surface area contributed by atoms with Crippen molar-refractivity contribution in [2.24, 2.45) is 51.6 Å². The normalized spacial score (nSPS) is 16.7. The van der Waals surface area contributed by atoms with Gasteiger partial charge in [-0.2, -0.15) is 0 Å². The smallest absolute Gasteiger partial charge is 0.303 e. The summed E-state index contributed by atoms with van der Waals surface area (Å²) in [6.45, 7) is 14.1. The molecule has 28 nitrogen and oxygen atoms in total. The molecule has 10 atom stereocenters. The quantitative estimate of drug-likeness (QED) is 0.0125. The van der Waals surface area contributed by atoms with Crippen LogP contribution in [0.1, 0.15) is 120 Å². The Labute approximate surface area is 459 Å². The van der Waals surface area contributed by atoms with E-state index >= 15 is 0 Å². The molecule has 0 aromatic rings. The minimum Gasteiger partial charge on any atom is -0.481 e. The molecule has 1 rings (SSSR count). The Morgan fingerprint density at radius 1 is 0.628 bits per heavy atom. The van der Waals surface area contributed by atoms with Gasteiger partial charge in [0.05, 0.1) is 24.6 Å². The number of nitrogens with zero attached hydrogens (tertiary/aromatic N) is 2. The summed E-state index contributed by atoms with van der Waals surface area (Å²) in [5.41, 5.74) is 21.9. The number of halogens is 1. The lowest BCUT2D eigenvalue weighted by atomic mass is 9.98. The van der Waals surface area contributed by atoms with Crippen LogP contribution < -0.4 is 65.5 Å². The molecule has 29 heteroatoms. The highest BCUT2D eigenvalue weighted by Gasteiger charge is 2.41. The minimum absolute atomic E-state index is 0.0528. The van der Waals surface area contributed by atoms with Gasteiger partial charge in [0, 0.05) is 25.9 Å². The van der Waals surface area contributed by atoms with Crippen LogP contribution in [0.3, 0.4) is 0 Å². The van der Waals surface area contributed by atoms with Gasteiger partial charge in [0.1, 0.15) is 48.3 Å². The van der Waals surface area contributed by atoms with E-state index in [4.69, 9.17) is 34.5 Å². The second kappa shape index (κ2) is 34.3. The molecule has 0 aliphatic carbocycles. The Balaban J connectivity index is 3.25. The number of hydrogen-bond acceptors (Lipinski definition) is 15. The highest BCUT2D eigenvalue weighted by atomic mass is 35.5. The third-order valence-electron chi connectivity index (χ3n) is 12.5. The predicted octanol–water partition coefficient (Wildman–Crippen LogP) is -3.80. The molecule has 442 valence electrons. The van der Waals surface area contributed by atoms with E-state index in [0.717, 1.165) is 0 Å². The lowest BCUT2D eigenvalue weighted by Gasteiger charge is -2.32. The van der Waals surface area contributed by atoms with Crippen molar-refractivity contribution in [2.45, 2.75) is 181 Å². The van der Waals surface area contributed by atoms with E-state index in [1.54, 1.807) is 55.4 Å². The number of rotatable bonds is 35. The zero-order valence-electron chi connectivity index (χ0n) is 46.2. The maximum atomic E-state index is 14.1. The Hall–Kier alpha value is -6.68. The van der Waals surface area contributed by atoms with Crippen LogP contribution in [0.4, 0.5) is 0 Å². The summed E-state index contributed by atoms with van der Waals surface area (Å²) in [6, 6.07) is -11.6. The number of aliphatic imine (C=N–C) groups is 1. The summed E-state index contributed by atoms with van der Waals surface area (Å²) in [6.07, 6.45) is -1.93. The van der Waals surface area contributed by atoms with Gasteiger partial charge in [0.15, 0.2) is 11.7 Å². The lowest BCUT2D eigenvalue weighted by molar-refractivity contribution is -0.143. The molecule has 1 aliphatic rings. The fraction of sp³-hybridized carbons (Fsp3) is 0.735. The molecule has 10 unspecified atom stereocenters. The number of hydrogen-bond donors (Lipinski definition) is 14. The van der Waals surface area contributed by atoms with Crippen LogP contribution in [-0.4, -0.2) is 178 Å². The number of primary amides is 1. The molecule has 0 radical (unpaired) electrons. The number of guanidine groups is 1. The summed E-state index contributed by atoms with van der Waals surface area (Å²) in [7, 11) is 0. The molecule has 0 bridgehead atoms. The third-order valence-corrected chi connectivity index (χ3v) is 12.8. The molecule has 1 fully saturated rings. The first-order valence-electron chi connectivity index (χ1n) is 26.1. The van der Waals surface area contributed by atoms with Crippen molar-refractivity contribution in [1.82, 2.24) is 47.4 Å². The fourth-order valence-electron chi connectivity index (χ4n) is 8.07. The average Bonchev–Trinajstić information content (AvgIpc) is 3.85. The summed E-state index contributed by atoms with van der Waals surface area (Å²) in [5, 5.41) is 39.4. The van der Waals surface area contributed by atoms with Gasteiger partial charge in [-0.05, 0) is 75.5 Å². The van der Waals surface area contributed by atoms with Gasteiger partial charge in [-0.3, -0.25) is 62.5 Å². The van der Waals surface area contributed by atoms with Crippen molar-refractivity contribution in [3.05, 3.63) is 0 Å². The van der Waals surface area contributed by atoms with E-state index in [1.165, 1.54) is 11.8 Å². The van der Waals surface area contributed by atoms with Crippen LogP contribution in [0.25, 0.3) is 0 Å². The summed E-state index contributed by atoms with van der Waals surface area (Å²) in [4.78, 5) is 164.